The first-order chi connectivity index (χ1) is 7.57. The molecule has 0 aliphatic carbocycles. The number of hydrogen-bond acceptors (Lipinski definition) is 1. The molecular weight excluding hydrogens is 266 g/mol. The zero-order valence-corrected chi connectivity index (χ0v) is 9.65. The first-order valence-corrected chi connectivity index (χ1v) is 5.63. The summed E-state index contributed by atoms with van der Waals surface area (Å²) in [5.74, 6) is 0. The van der Waals surface area contributed by atoms with Gasteiger partial charge in [0.1, 0.15) is 0 Å². The van der Waals surface area contributed by atoms with Crippen molar-refractivity contribution in [1.82, 2.24) is 0 Å². The Morgan fingerprint density at radius 1 is 0.882 bits per heavy atom. The molecule has 96 valence electrons. The van der Waals surface area contributed by atoms with Gasteiger partial charge in [-0.25, -0.2) is 0 Å². The summed E-state index contributed by atoms with van der Waals surface area (Å²) in [6, 6.07) is 1.08. The average molecular weight is 274 g/mol. The molecule has 0 spiro atoms. The van der Waals surface area contributed by atoms with Gasteiger partial charge < -0.3 is 0 Å². The Morgan fingerprint density at radius 3 is 1.71 bits per heavy atom. The summed E-state index contributed by atoms with van der Waals surface area (Å²) >= 11 is 0.641. The SMILES string of the molecule is CSc1cc(C(F)(F)F)c(C)cc1C(F)(F)F. The third-order valence-corrected chi connectivity index (χ3v) is 2.93. The molecule has 0 unspecified atom stereocenters. The fourth-order valence-electron chi connectivity index (χ4n) is 1.38. The highest BCUT2D eigenvalue weighted by Gasteiger charge is 2.38. The van der Waals surface area contributed by atoms with Crippen LogP contribution in [0.3, 0.4) is 0 Å². The molecule has 0 aliphatic heterocycles. The second-order valence-electron chi connectivity index (χ2n) is 3.36. The smallest absolute Gasteiger partial charge is 0.166 e. The van der Waals surface area contributed by atoms with E-state index in [-0.39, 0.29) is 0 Å². The Bertz CT molecular complexity index is 418. The third kappa shape index (κ3) is 3.08. The summed E-state index contributed by atoms with van der Waals surface area (Å²) in [4.78, 5) is -0.421. The van der Waals surface area contributed by atoms with Crippen LogP contribution >= 0.6 is 11.8 Å². The maximum atomic E-state index is 12.5. The van der Waals surface area contributed by atoms with Gasteiger partial charge in [-0.3, -0.25) is 0 Å². The third-order valence-electron chi connectivity index (χ3n) is 2.16. The van der Waals surface area contributed by atoms with Crippen molar-refractivity contribution in [2.45, 2.75) is 24.2 Å². The van der Waals surface area contributed by atoms with Gasteiger partial charge in [0.15, 0.2) is 0 Å². The molecule has 0 aliphatic rings. The van der Waals surface area contributed by atoms with Gasteiger partial charge in [0.2, 0.25) is 0 Å². The van der Waals surface area contributed by atoms with Crippen molar-refractivity contribution in [3.63, 3.8) is 0 Å². The number of aryl methyl sites for hydroxylation is 1. The van der Waals surface area contributed by atoms with E-state index in [1.807, 2.05) is 0 Å². The van der Waals surface area contributed by atoms with Crippen LogP contribution in [0.25, 0.3) is 0 Å². The van der Waals surface area contributed by atoms with E-state index < -0.39 is 33.9 Å². The van der Waals surface area contributed by atoms with Crippen molar-refractivity contribution in [3.05, 3.63) is 28.8 Å². The summed E-state index contributed by atoms with van der Waals surface area (Å²) in [6.07, 6.45) is -7.98. The summed E-state index contributed by atoms with van der Waals surface area (Å²) in [5.41, 5.74) is -2.49. The molecule has 0 bridgehead atoms. The number of thioether (sulfide) groups is 1. The molecule has 0 radical (unpaired) electrons. The van der Waals surface area contributed by atoms with Crippen molar-refractivity contribution >= 4 is 11.8 Å². The Morgan fingerprint density at radius 2 is 1.35 bits per heavy atom. The molecule has 0 fully saturated rings. The Kier molecular flexibility index (Phi) is 3.71. The number of hydrogen-bond donors (Lipinski definition) is 0. The van der Waals surface area contributed by atoms with Gasteiger partial charge in [0.25, 0.3) is 0 Å². The zero-order chi connectivity index (χ0) is 13.4. The lowest BCUT2D eigenvalue weighted by Crippen LogP contribution is -2.12. The molecule has 0 aromatic heterocycles. The Labute approximate surface area is 98.0 Å². The number of benzene rings is 1. The van der Waals surface area contributed by atoms with E-state index >= 15 is 0 Å². The zero-order valence-electron chi connectivity index (χ0n) is 8.83. The van der Waals surface area contributed by atoms with Crippen molar-refractivity contribution < 1.29 is 26.3 Å². The van der Waals surface area contributed by atoms with E-state index in [0.29, 0.717) is 23.9 Å². The lowest BCUT2D eigenvalue weighted by Gasteiger charge is -2.16. The van der Waals surface area contributed by atoms with Crippen LogP contribution in [0.15, 0.2) is 17.0 Å². The fourth-order valence-corrected chi connectivity index (χ4v) is 2.01. The number of alkyl halides is 6. The molecule has 1 aromatic carbocycles. The predicted molar refractivity (Wildman–Crippen MR) is 53.0 cm³/mol. The molecule has 7 heteroatoms. The molecule has 1 rings (SSSR count). The quantitative estimate of drug-likeness (QED) is 0.526. The van der Waals surface area contributed by atoms with Crippen molar-refractivity contribution in [1.29, 1.82) is 0 Å². The second kappa shape index (κ2) is 4.44. The minimum atomic E-state index is -4.65. The first-order valence-electron chi connectivity index (χ1n) is 4.40. The maximum absolute atomic E-state index is 12.5. The highest BCUT2D eigenvalue weighted by Crippen LogP contribution is 2.41. The van der Waals surface area contributed by atoms with Crippen LogP contribution in [0.4, 0.5) is 26.3 Å². The lowest BCUT2D eigenvalue weighted by molar-refractivity contribution is -0.143. The molecule has 0 amide bonds. The predicted octanol–water partition coefficient (Wildman–Crippen LogP) is 4.75. The van der Waals surface area contributed by atoms with Crippen molar-refractivity contribution in [3.8, 4) is 0 Å². The van der Waals surface area contributed by atoms with Crippen LogP contribution in [0.2, 0.25) is 0 Å². The molecule has 0 nitrogen and oxygen atoms in total. The van der Waals surface area contributed by atoms with Gasteiger partial charge >= 0.3 is 12.4 Å². The van der Waals surface area contributed by atoms with E-state index in [4.69, 9.17) is 0 Å². The molecule has 0 atom stereocenters. The maximum Gasteiger partial charge on any atom is 0.417 e. The van der Waals surface area contributed by atoms with Gasteiger partial charge in [-0.05, 0) is 30.9 Å². The Hall–Kier alpha value is -0.850. The molecule has 17 heavy (non-hydrogen) atoms. The van der Waals surface area contributed by atoms with Gasteiger partial charge in [0, 0.05) is 4.90 Å². The van der Waals surface area contributed by atoms with Crippen LogP contribution in [0.5, 0.6) is 0 Å². The molecule has 1 aromatic rings. The topological polar surface area (TPSA) is 0 Å². The van der Waals surface area contributed by atoms with E-state index in [9.17, 15) is 26.3 Å². The van der Waals surface area contributed by atoms with E-state index in [0.717, 1.165) is 6.92 Å². The average Bonchev–Trinajstić information content (AvgIpc) is 2.14. The molecule has 0 N–H and O–H groups in total. The molecule has 0 saturated carbocycles. The van der Waals surface area contributed by atoms with Crippen molar-refractivity contribution in [2.24, 2.45) is 0 Å². The number of rotatable bonds is 1. The van der Waals surface area contributed by atoms with Gasteiger partial charge in [-0.2, -0.15) is 26.3 Å². The molecule has 0 saturated heterocycles. The fraction of sp³-hybridized carbons (Fsp3) is 0.400. The standard InChI is InChI=1S/C10H8F6S/c1-5-3-7(10(14,15)16)8(17-2)4-6(5)9(11,12)13/h3-4H,1-2H3. The monoisotopic (exact) mass is 274 g/mol. The van der Waals surface area contributed by atoms with E-state index in [1.54, 1.807) is 0 Å². The van der Waals surface area contributed by atoms with Crippen molar-refractivity contribution in [2.75, 3.05) is 6.26 Å². The number of halogens is 6. The normalized spacial score (nSPS) is 12.9. The summed E-state index contributed by atoms with van der Waals surface area (Å²) in [5, 5.41) is 0. The summed E-state index contributed by atoms with van der Waals surface area (Å²) in [6.45, 7) is 1.02. The van der Waals surface area contributed by atoms with Gasteiger partial charge in [-0.1, -0.05) is 0 Å². The first kappa shape index (κ1) is 14.2. The molecule has 0 heterocycles. The second-order valence-corrected chi connectivity index (χ2v) is 4.21. The van der Waals surface area contributed by atoms with Crippen LogP contribution in [-0.4, -0.2) is 6.26 Å². The van der Waals surface area contributed by atoms with Crippen LogP contribution in [0, 0.1) is 6.92 Å². The minimum absolute atomic E-state index is 0.421. The van der Waals surface area contributed by atoms with Crippen LogP contribution in [0.1, 0.15) is 16.7 Å². The minimum Gasteiger partial charge on any atom is -0.166 e. The van der Waals surface area contributed by atoms with E-state index in [2.05, 4.69) is 0 Å². The van der Waals surface area contributed by atoms with Gasteiger partial charge in [0.05, 0.1) is 11.1 Å². The Balaban J connectivity index is 3.46. The van der Waals surface area contributed by atoms with Gasteiger partial charge in [-0.15, -0.1) is 11.8 Å². The molecular formula is C10H8F6S. The van der Waals surface area contributed by atoms with Crippen LogP contribution < -0.4 is 0 Å². The highest BCUT2D eigenvalue weighted by atomic mass is 32.2. The highest BCUT2D eigenvalue weighted by molar-refractivity contribution is 7.98. The van der Waals surface area contributed by atoms with Crippen LogP contribution in [-0.2, 0) is 12.4 Å². The van der Waals surface area contributed by atoms with E-state index in [1.165, 1.54) is 6.26 Å². The largest absolute Gasteiger partial charge is 0.417 e. The summed E-state index contributed by atoms with van der Waals surface area (Å²) in [7, 11) is 0. The lowest BCUT2D eigenvalue weighted by atomic mass is 10.0. The summed E-state index contributed by atoms with van der Waals surface area (Å²) < 4.78 is 75.2.